The van der Waals surface area contributed by atoms with Gasteiger partial charge in [0, 0.05) is 32.2 Å². The van der Waals surface area contributed by atoms with Crippen LogP contribution in [0.3, 0.4) is 0 Å². The Morgan fingerprint density at radius 3 is 2.05 bits per heavy atom. The number of nitrogens with zero attached hydrogens (tertiary/aromatic N) is 1. The second kappa shape index (κ2) is 5.26. The molecule has 4 nitrogen and oxygen atoms in total. The number of hydrogen-bond donors (Lipinski definition) is 3. The summed E-state index contributed by atoms with van der Waals surface area (Å²) >= 11 is 0. The van der Waals surface area contributed by atoms with Crippen LogP contribution in [0, 0.1) is 0 Å². The normalized spacial score (nSPS) is 19.3. The topological polar surface area (TPSA) is 55.7 Å². The molecule has 1 heterocycles. The maximum Gasteiger partial charge on any atom is 0.408 e. The van der Waals surface area contributed by atoms with Crippen molar-refractivity contribution in [1.82, 2.24) is 10.2 Å². The van der Waals surface area contributed by atoms with Gasteiger partial charge in [0.15, 0.2) is 0 Å². The van der Waals surface area contributed by atoms with Crippen molar-refractivity contribution in [3.05, 3.63) is 23.8 Å². The van der Waals surface area contributed by atoms with E-state index in [1.807, 2.05) is 0 Å². The first-order valence-electron chi connectivity index (χ1n) is 5.92. The van der Waals surface area contributed by atoms with E-state index in [0.717, 1.165) is 18.2 Å². The Labute approximate surface area is 108 Å². The molecular formula is C12H15F3N2O2. The highest BCUT2D eigenvalue weighted by Crippen LogP contribution is 2.40. The molecule has 19 heavy (non-hydrogen) atoms. The summed E-state index contributed by atoms with van der Waals surface area (Å²) in [4.78, 5) is 1.30. The Morgan fingerprint density at radius 2 is 1.58 bits per heavy atom. The number of phenolic OH excluding ortho intramolecular Hbond substituents is 2. The molecule has 0 spiro atoms. The van der Waals surface area contributed by atoms with Crippen LogP contribution < -0.4 is 5.32 Å². The maximum atomic E-state index is 13.2. The average Bonchev–Trinajstić information content (AvgIpc) is 2.27. The second-order valence-corrected chi connectivity index (χ2v) is 4.51. The minimum absolute atomic E-state index is 0.146. The number of piperazine rings is 1. The lowest BCUT2D eigenvalue weighted by atomic mass is 10.0. The Morgan fingerprint density at radius 1 is 1.05 bits per heavy atom. The molecular weight excluding hydrogens is 261 g/mol. The minimum atomic E-state index is -4.46. The van der Waals surface area contributed by atoms with Crippen LogP contribution in [0.25, 0.3) is 0 Å². The van der Waals surface area contributed by atoms with Gasteiger partial charge in [0.25, 0.3) is 0 Å². The molecule has 2 rings (SSSR count). The molecule has 1 atom stereocenters. The molecule has 1 aliphatic rings. The molecule has 0 amide bonds. The molecule has 1 aromatic rings. The van der Waals surface area contributed by atoms with Crippen molar-refractivity contribution < 1.29 is 23.4 Å². The molecule has 1 aliphatic heterocycles. The Hall–Kier alpha value is -1.47. The molecule has 7 heteroatoms. The van der Waals surface area contributed by atoms with Crippen LogP contribution in [0.5, 0.6) is 11.5 Å². The first kappa shape index (κ1) is 14.0. The zero-order chi connectivity index (χ0) is 14.0. The number of nitrogens with one attached hydrogen (secondary N) is 1. The van der Waals surface area contributed by atoms with E-state index in [-0.39, 0.29) is 30.2 Å². The van der Waals surface area contributed by atoms with Crippen LogP contribution in [0.4, 0.5) is 13.2 Å². The third kappa shape index (κ3) is 3.30. The second-order valence-electron chi connectivity index (χ2n) is 4.51. The van der Waals surface area contributed by atoms with E-state index in [1.165, 1.54) is 4.90 Å². The summed E-state index contributed by atoms with van der Waals surface area (Å²) in [5.74, 6) is -0.751. The quantitative estimate of drug-likeness (QED) is 0.768. The summed E-state index contributed by atoms with van der Waals surface area (Å²) < 4.78 is 39.7. The van der Waals surface area contributed by atoms with Crippen molar-refractivity contribution in [2.45, 2.75) is 12.2 Å². The highest BCUT2D eigenvalue weighted by molar-refractivity contribution is 5.38. The van der Waals surface area contributed by atoms with Crippen molar-refractivity contribution in [1.29, 1.82) is 0 Å². The lowest BCUT2D eigenvalue weighted by Gasteiger charge is -2.36. The fraction of sp³-hybridized carbons (Fsp3) is 0.500. The zero-order valence-corrected chi connectivity index (χ0v) is 10.1. The van der Waals surface area contributed by atoms with Gasteiger partial charge in [-0.25, -0.2) is 0 Å². The summed E-state index contributed by atoms with van der Waals surface area (Å²) in [5, 5.41) is 21.7. The molecule has 0 unspecified atom stereocenters. The van der Waals surface area contributed by atoms with Crippen LogP contribution in [-0.2, 0) is 0 Å². The van der Waals surface area contributed by atoms with E-state index >= 15 is 0 Å². The van der Waals surface area contributed by atoms with Gasteiger partial charge in [0.1, 0.15) is 17.5 Å². The number of rotatable bonds is 2. The monoisotopic (exact) mass is 276 g/mol. The molecule has 0 radical (unpaired) electrons. The zero-order valence-electron chi connectivity index (χ0n) is 10.1. The Bertz CT molecular complexity index is 425. The Kier molecular flexibility index (Phi) is 3.86. The van der Waals surface area contributed by atoms with Crippen molar-refractivity contribution >= 4 is 0 Å². The molecule has 106 valence electrons. The van der Waals surface area contributed by atoms with E-state index in [9.17, 15) is 23.4 Å². The highest BCUT2D eigenvalue weighted by Gasteiger charge is 2.45. The van der Waals surface area contributed by atoms with Crippen LogP contribution in [-0.4, -0.2) is 47.5 Å². The SMILES string of the molecule is Oc1cc(O)cc([C@H](N2CCNCC2)C(F)(F)F)c1. The summed E-state index contributed by atoms with van der Waals surface area (Å²) in [7, 11) is 0. The summed E-state index contributed by atoms with van der Waals surface area (Å²) in [5.41, 5.74) is -0.146. The van der Waals surface area contributed by atoms with Crippen LogP contribution in [0.15, 0.2) is 18.2 Å². The van der Waals surface area contributed by atoms with Gasteiger partial charge in [-0.05, 0) is 17.7 Å². The molecule has 3 N–H and O–H groups in total. The van der Waals surface area contributed by atoms with Crippen LogP contribution in [0.2, 0.25) is 0 Å². The molecule has 0 saturated carbocycles. The van der Waals surface area contributed by atoms with Crippen molar-refractivity contribution in [2.24, 2.45) is 0 Å². The van der Waals surface area contributed by atoms with E-state index in [0.29, 0.717) is 13.1 Å². The van der Waals surface area contributed by atoms with E-state index in [2.05, 4.69) is 5.32 Å². The fourth-order valence-electron chi connectivity index (χ4n) is 2.32. The third-order valence-electron chi connectivity index (χ3n) is 3.07. The predicted molar refractivity (Wildman–Crippen MR) is 63.0 cm³/mol. The van der Waals surface area contributed by atoms with E-state index in [1.54, 1.807) is 0 Å². The summed E-state index contributed by atoms with van der Waals surface area (Å²) in [6.07, 6.45) is -4.46. The summed E-state index contributed by atoms with van der Waals surface area (Å²) in [6, 6.07) is 1.28. The molecule has 1 saturated heterocycles. The first-order valence-corrected chi connectivity index (χ1v) is 5.92. The maximum absolute atomic E-state index is 13.2. The number of phenols is 2. The fourth-order valence-corrected chi connectivity index (χ4v) is 2.32. The lowest BCUT2D eigenvalue weighted by molar-refractivity contribution is -0.187. The van der Waals surface area contributed by atoms with Crippen molar-refractivity contribution in [3.63, 3.8) is 0 Å². The number of benzene rings is 1. The van der Waals surface area contributed by atoms with Crippen molar-refractivity contribution in [3.8, 4) is 11.5 Å². The first-order chi connectivity index (χ1) is 8.88. The number of halogens is 3. The number of aromatic hydroxyl groups is 2. The lowest BCUT2D eigenvalue weighted by Crippen LogP contribution is -2.49. The molecule has 0 aromatic heterocycles. The third-order valence-corrected chi connectivity index (χ3v) is 3.07. The molecule has 0 bridgehead atoms. The standard InChI is InChI=1S/C12H15F3N2O2/c13-12(14,15)11(17-3-1-16-2-4-17)8-5-9(18)7-10(19)6-8/h5-7,11,16,18-19H,1-4H2/t11-/m0/s1. The molecule has 1 fully saturated rings. The number of hydrogen-bond acceptors (Lipinski definition) is 4. The Balaban J connectivity index is 2.36. The van der Waals surface area contributed by atoms with Gasteiger partial charge in [0.05, 0.1) is 0 Å². The van der Waals surface area contributed by atoms with E-state index < -0.39 is 12.2 Å². The van der Waals surface area contributed by atoms with Crippen LogP contribution >= 0.6 is 0 Å². The van der Waals surface area contributed by atoms with E-state index in [4.69, 9.17) is 0 Å². The van der Waals surface area contributed by atoms with Gasteiger partial charge >= 0.3 is 6.18 Å². The van der Waals surface area contributed by atoms with Crippen molar-refractivity contribution in [2.75, 3.05) is 26.2 Å². The average molecular weight is 276 g/mol. The largest absolute Gasteiger partial charge is 0.508 e. The minimum Gasteiger partial charge on any atom is -0.508 e. The molecule has 1 aromatic carbocycles. The predicted octanol–water partition coefficient (Wildman–Crippen LogP) is 1.61. The van der Waals surface area contributed by atoms with Gasteiger partial charge < -0.3 is 15.5 Å². The number of alkyl halides is 3. The smallest absolute Gasteiger partial charge is 0.408 e. The molecule has 0 aliphatic carbocycles. The highest BCUT2D eigenvalue weighted by atomic mass is 19.4. The summed E-state index contributed by atoms with van der Waals surface area (Å²) in [6.45, 7) is 1.50. The van der Waals surface area contributed by atoms with Gasteiger partial charge in [0.2, 0.25) is 0 Å². The van der Waals surface area contributed by atoms with Crippen LogP contribution in [0.1, 0.15) is 11.6 Å². The van der Waals surface area contributed by atoms with Gasteiger partial charge in [-0.2, -0.15) is 13.2 Å². The van der Waals surface area contributed by atoms with Gasteiger partial charge in [-0.15, -0.1) is 0 Å². The van der Waals surface area contributed by atoms with Gasteiger partial charge in [-0.1, -0.05) is 0 Å². The van der Waals surface area contributed by atoms with Gasteiger partial charge in [-0.3, -0.25) is 4.90 Å².